The Balaban J connectivity index is 1.49. The van der Waals surface area contributed by atoms with Crippen LogP contribution in [-0.4, -0.2) is 69.6 Å². The Morgan fingerprint density at radius 2 is 2.06 bits per heavy atom. The molecule has 4 rings (SSSR count). The zero-order valence-corrected chi connectivity index (χ0v) is 18.1. The van der Waals surface area contributed by atoms with Crippen molar-refractivity contribution in [2.24, 2.45) is 15.9 Å². The van der Waals surface area contributed by atoms with Gasteiger partial charge in [-0.25, -0.2) is 13.8 Å². The number of halogens is 2. The third-order valence-corrected chi connectivity index (χ3v) is 7.47. The van der Waals surface area contributed by atoms with Gasteiger partial charge in [0.15, 0.2) is 11.7 Å². The van der Waals surface area contributed by atoms with E-state index in [9.17, 15) is 23.5 Å². The van der Waals surface area contributed by atoms with Crippen LogP contribution >= 0.6 is 11.8 Å². The second kappa shape index (κ2) is 9.20. The molecule has 1 saturated carbocycles. The molecular weight excluding hydrogens is 426 g/mol. The highest BCUT2D eigenvalue weighted by Crippen LogP contribution is 2.35. The topological polar surface area (TPSA) is 94.4 Å². The minimum Gasteiger partial charge on any atom is -0.393 e. The Morgan fingerprint density at radius 3 is 2.74 bits per heavy atom. The lowest BCUT2D eigenvalue weighted by Crippen LogP contribution is -2.43. The predicted octanol–water partition coefficient (Wildman–Crippen LogP) is 2.28. The summed E-state index contributed by atoms with van der Waals surface area (Å²) in [4.78, 5) is 34.3. The maximum atomic E-state index is 14.7. The highest BCUT2D eigenvalue weighted by Gasteiger charge is 2.39. The fourth-order valence-corrected chi connectivity index (χ4v) is 5.45. The molecule has 168 valence electrons. The molecule has 7 nitrogen and oxygen atoms in total. The lowest BCUT2D eigenvalue weighted by atomic mass is 9.93. The van der Waals surface area contributed by atoms with Gasteiger partial charge in [0.25, 0.3) is 0 Å². The Morgan fingerprint density at radius 1 is 1.32 bits per heavy atom. The zero-order chi connectivity index (χ0) is 22.1. The molecule has 0 aromatic rings. The van der Waals surface area contributed by atoms with Crippen LogP contribution in [0.5, 0.6) is 0 Å². The maximum absolute atomic E-state index is 14.7. The molecule has 0 aromatic carbocycles. The summed E-state index contributed by atoms with van der Waals surface area (Å²) in [5.41, 5.74) is -0.0108. The number of allylic oxidation sites excluding steroid dienone is 2. The van der Waals surface area contributed by atoms with Crippen molar-refractivity contribution in [3.8, 4) is 0 Å². The molecule has 31 heavy (non-hydrogen) atoms. The van der Waals surface area contributed by atoms with Gasteiger partial charge < -0.3 is 15.3 Å². The van der Waals surface area contributed by atoms with E-state index < -0.39 is 23.5 Å². The number of thioether (sulfide) groups is 1. The first-order chi connectivity index (χ1) is 14.8. The summed E-state index contributed by atoms with van der Waals surface area (Å²) >= 11 is 1.65. The van der Waals surface area contributed by atoms with Gasteiger partial charge in [0.2, 0.25) is 11.8 Å². The SMILES string of the molecule is CC(=O)N1CC[C@@H](N=C2C=C3N=C(CSC4CCC(O)CC4)NC(=O)C3C(F)=C2F)C1. The van der Waals surface area contributed by atoms with E-state index in [2.05, 4.69) is 15.3 Å². The fourth-order valence-electron chi connectivity index (χ4n) is 4.31. The van der Waals surface area contributed by atoms with Crippen molar-refractivity contribution in [2.45, 2.75) is 56.4 Å². The number of rotatable bonds is 4. The van der Waals surface area contributed by atoms with Crippen LogP contribution in [0.25, 0.3) is 0 Å². The van der Waals surface area contributed by atoms with Crippen molar-refractivity contribution in [3.63, 3.8) is 0 Å². The van der Waals surface area contributed by atoms with Crippen LogP contribution in [0.2, 0.25) is 0 Å². The van der Waals surface area contributed by atoms with Gasteiger partial charge in [0, 0.05) is 25.3 Å². The Kier molecular flexibility index (Phi) is 6.57. The zero-order valence-electron chi connectivity index (χ0n) is 17.3. The van der Waals surface area contributed by atoms with Gasteiger partial charge in [-0.15, -0.1) is 0 Å². The minimum absolute atomic E-state index is 0.0740. The lowest BCUT2D eigenvalue weighted by molar-refractivity contribution is -0.127. The summed E-state index contributed by atoms with van der Waals surface area (Å²) in [6.45, 7) is 2.36. The number of amidine groups is 1. The van der Waals surface area contributed by atoms with Crippen LogP contribution in [0, 0.1) is 5.92 Å². The van der Waals surface area contributed by atoms with Gasteiger partial charge in [-0.05, 0) is 38.2 Å². The minimum atomic E-state index is -1.39. The monoisotopic (exact) mass is 452 g/mol. The number of hydrogen-bond acceptors (Lipinski definition) is 6. The molecule has 2 heterocycles. The molecule has 1 unspecified atom stereocenters. The van der Waals surface area contributed by atoms with E-state index >= 15 is 0 Å². The van der Waals surface area contributed by atoms with Crippen LogP contribution in [0.1, 0.15) is 39.0 Å². The maximum Gasteiger partial charge on any atom is 0.241 e. The molecular formula is C21H26F2N4O3S. The number of nitrogens with one attached hydrogen (secondary N) is 1. The molecule has 2 aliphatic heterocycles. The highest BCUT2D eigenvalue weighted by molar-refractivity contribution is 8.00. The second-order valence-electron chi connectivity index (χ2n) is 8.38. The molecule has 2 fully saturated rings. The van der Waals surface area contributed by atoms with Gasteiger partial charge in [-0.2, -0.15) is 11.8 Å². The number of likely N-dealkylation sites (tertiary alicyclic amines) is 1. The normalized spacial score (nSPS) is 32.6. The van der Waals surface area contributed by atoms with Crippen LogP contribution in [-0.2, 0) is 9.59 Å². The summed E-state index contributed by atoms with van der Waals surface area (Å²) in [5.74, 6) is -3.55. The lowest BCUT2D eigenvalue weighted by Gasteiger charge is -2.28. The summed E-state index contributed by atoms with van der Waals surface area (Å²) < 4.78 is 29.3. The second-order valence-corrected chi connectivity index (χ2v) is 9.66. The molecule has 0 radical (unpaired) electrons. The predicted molar refractivity (Wildman–Crippen MR) is 115 cm³/mol. The number of aliphatic imine (C=N–C) groups is 2. The van der Waals surface area contributed by atoms with Crippen molar-refractivity contribution < 1.29 is 23.5 Å². The number of amides is 2. The van der Waals surface area contributed by atoms with E-state index in [1.54, 1.807) is 16.7 Å². The van der Waals surface area contributed by atoms with Crippen LogP contribution in [0.3, 0.4) is 0 Å². The summed E-state index contributed by atoms with van der Waals surface area (Å²) in [6.07, 6.45) is 5.02. The van der Waals surface area contributed by atoms with E-state index in [-0.39, 0.29) is 29.5 Å². The van der Waals surface area contributed by atoms with E-state index in [1.165, 1.54) is 13.0 Å². The Bertz CT molecular complexity index is 893. The summed E-state index contributed by atoms with van der Waals surface area (Å²) in [7, 11) is 0. The average molecular weight is 453 g/mol. The molecule has 2 atom stereocenters. The van der Waals surface area contributed by atoms with Gasteiger partial charge >= 0.3 is 0 Å². The van der Waals surface area contributed by atoms with Crippen LogP contribution < -0.4 is 5.32 Å². The number of carbonyl (C=O) groups is 2. The standard InChI is InChI=1S/C21H26F2N4O3S/c1-11(28)27-7-6-12(9-27)24-16-8-15-18(20(23)19(16)22)21(30)26-17(25-15)10-31-14-4-2-13(29)3-5-14/h8,12-14,18,29H,2-7,9-10H2,1H3,(H,25,26,30)/t12-,13?,14?,18?/m1/s1. The molecule has 2 aliphatic carbocycles. The molecule has 10 heteroatoms. The first-order valence-corrected chi connectivity index (χ1v) is 11.6. The summed E-state index contributed by atoms with van der Waals surface area (Å²) in [5, 5.41) is 12.6. The van der Waals surface area contributed by atoms with E-state index in [0.717, 1.165) is 25.7 Å². The number of hydrogen-bond donors (Lipinski definition) is 2. The quantitative estimate of drug-likeness (QED) is 0.684. The third kappa shape index (κ3) is 4.90. The van der Waals surface area contributed by atoms with Gasteiger partial charge in [-0.1, -0.05) is 0 Å². The molecule has 0 aromatic heterocycles. The average Bonchev–Trinajstić information content (AvgIpc) is 3.20. The van der Waals surface area contributed by atoms with Crippen molar-refractivity contribution in [1.29, 1.82) is 0 Å². The highest BCUT2D eigenvalue weighted by atomic mass is 32.2. The first kappa shape index (κ1) is 22.1. The van der Waals surface area contributed by atoms with Crippen LogP contribution in [0.4, 0.5) is 8.78 Å². The van der Waals surface area contributed by atoms with E-state index in [1.807, 2.05) is 0 Å². The molecule has 2 amide bonds. The number of nitrogens with zero attached hydrogens (tertiary/aromatic N) is 3. The number of carbonyl (C=O) groups excluding carboxylic acids is 2. The fraction of sp³-hybridized carbons (Fsp3) is 0.619. The first-order valence-electron chi connectivity index (χ1n) is 10.6. The van der Waals surface area contributed by atoms with E-state index in [4.69, 9.17) is 0 Å². The summed E-state index contributed by atoms with van der Waals surface area (Å²) in [6, 6.07) is -0.316. The van der Waals surface area contributed by atoms with Gasteiger partial charge in [-0.3, -0.25) is 14.6 Å². The van der Waals surface area contributed by atoms with Crippen molar-refractivity contribution in [1.82, 2.24) is 10.2 Å². The van der Waals surface area contributed by atoms with Crippen LogP contribution in [0.15, 0.2) is 33.4 Å². The molecule has 0 bridgehead atoms. The molecule has 4 aliphatic rings. The third-order valence-electron chi connectivity index (χ3n) is 6.09. The van der Waals surface area contributed by atoms with Crippen molar-refractivity contribution in [3.05, 3.63) is 23.4 Å². The molecule has 2 N–H and O–H groups in total. The number of aliphatic hydroxyl groups is 1. The Labute approximate surface area is 183 Å². The van der Waals surface area contributed by atoms with E-state index in [0.29, 0.717) is 36.3 Å². The van der Waals surface area contributed by atoms with Gasteiger partial charge in [0.05, 0.1) is 29.3 Å². The smallest absolute Gasteiger partial charge is 0.241 e. The molecule has 0 spiro atoms. The van der Waals surface area contributed by atoms with Gasteiger partial charge in [0.1, 0.15) is 11.8 Å². The number of fused-ring (bicyclic) bond motifs is 1. The number of aliphatic hydroxyl groups excluding tert-OH is 1. The van der Waals surface area contributed by atoms with Crippen molar-refractivity contribution in [2.75, 3.05) is 18.8 Å². The van der Waals surface area contributed by atoms with Crippen molar-refractivity contribution >= 4 is 35.1 Å². The molecule has 1 saturated heterocycles. The Hall–Kier alpha value is -2.07. The largest absolute Gasteiger partial charge is 0.393 e.